The molecule has 0 aliphatic carbocycles. The van der Waals surface area contributed by atoms with Crippen LogP contribution in [0.1, 0.15) is 20.3 Å². The van der Waals surface area contributed by atoms with Crippen LogP contribution in [0.5, 0.6) is 0 Å². The van der Waals surface area contributed by atoms with Crippen LogP contribution in [-0.2, 0) is 10.0 Å². The van der Waals surface area contributed by atoms with E-state index in [1.807, 2.05) is 13.8 Å². The molecule has 0 aromatic heterocycles. The van der Waals surface area contributed by atoms with Gasteiger partial charge < -0.3 is 0 Å². The summed E-state index contributed by atoms with van der Waals surface area (Å²) in [5.41, 5.74) is 0. The number of rotatable bonds is 5. The molecular formula is C7H15NO2S. The molecule has 0 aliphatic rings. The Bertz CT molecular complexity index is 206. The number of sulfonamides is 1. The van der Waals surface area contributed by atoms with Crippen LogP contribution in [-0.4, -0.2) is 15.0 Å². The lowest BCUT2D eigenvalue weighted by atomic mass is 10.1. The van der Waals surface area contributed by atoms with Gasteiger partial charge in [-0.05, 0) is 12.3 Å². The highest BCUT2D eigenvalue weighted by Crippen LogP contribution is 1.97. The average molecular weight is 177 g/mol. The highest BCUT2D eigenvalue weighted by Gasteiger charge is 2.02. The predicted molar refractivity (Wildman–Crippen MR) is 46.6 cm³/mol. The van der Waals surface area contributed by atoms with E-state index in [-0.39, 0.29) is 0 Å². The fourth-order valence-corrected chi connectivity index (χ4v) is 1.07. The van der Waals surface area contributed by atoms with Crippen LogP contribution in [0.15, 0.2) is 12.0 Å². The summed E-state index contributed by atoms with van der Waals surface area (Å²) in [7, 11) is -3.20. The minimum atomic E-state index is -3.20. The Balaban J connectivity index is 3.64. The molecule has 0 saturated heterocycles. The second-order valence-electron chi connectivity index (χ2n) is 2.79. The molecule has 66 valence electrons. The van der Waals surface area contributed by atoms with Crippen LogP contribution < -0.4 is 4.72 Å². The van der Waals surface area contributed by atoms with Gasteiger partial charge in [-0.25, -0.2) is 13.1 Å². The summed E-state index contributed by atoms with van der Waals surface area (Å²) >= 11 is 0. The maximum atomic E-state index is 10.8. The number of nitrogens with one attached hydrogen (secondary N) is 1. The van der Waals surface area contributed by atoms with Crippen molar-refractivity contribution in [3.05, 3.63) is 12.0 Å². The molecule has 0 radical (unpaired) electrons. The highest BCUT2D eigenvalue weighted by molar-refractivity contribution is 7.92. The van der Waals surface area contributed by atoms with E-state index in [4.69, 9.17) is 0 Å². The Morgan fingerprint density at radius 2 is 2.09 bits per heavy atom. The summed E-state index contributed by atoms with van der Waals surface area (Å²) in [5, 5.41) is 0.924. The first-order valence-electron chi connectivity index (χ1n) is 3.60. The van der Waals surface area contributed by atoms with E-state index in [0.717, 1.165) is 11.8 Å². The Labute approximate surface area is 68.5 Å². The van der Waals surface area contributed by atoms with Gasteiger partial charge in [0.05, 0.1) is 0 Å². The van der Waals surface area contributed by atoms with Crippen molar-refractivity contribution >= 4 is 10.0 Å². The quantitative estimate of drug-likeness (QED) is 0.683. The Morgan fingerprint density at radius 1 is 1.55 bits per heavy atom. The molecule has 0 bridgehead atoms. The SMILES string of the molecule is C=CS(=O)(=O)NCCC(C)C. The number of hydrogen-bond acceptors (Lipinski definition) is 2. The van der Waals surface area contributed by atoms with Crippen LogP contribution in [0.2, 0.25) is 0 Å². The third-order valence-corrected chi connectivity index (χ3v) is 2.29. The highest BCUT2D eigenvalue weighted by atomic mass is 32.2. The van der Waals surface area contributed by atoms with Crippen LogP contribution in [0.4, 0.5) is 0 Å². The van der Waals surface area contributed by atoms with Gasteiger partial charge in [0, 0.05) is 12.0 Å². The zero-order valence-corrected chi connectivity index (χ0v) is 7.82. The van der Waals surface area contributed by atoms with Gasteiger partial charge in [-0.3, -0.25) is 0 Å². The first-order valence-corrected chi connectivity index (χ1v) is 5.14. The topological polar surface area (TPSA) is 46.2 Å². The Morgan fingerprint density at radius 3 is 2.45 bits per heavy atom. The van der Waals surface area contributed by atoms with Crippen molar-refractivity contribution in [1.82, 2.24) is 4.72 Å². The summed E-state index contributed by atoms with van der Waals surface area (Å²) in [5.74, 6) is 0.516. The number of hydrogen-bond donors (Lipinski definition) is 1. The minimum Gasteiger partial charge on any atom is -0.212 e. The van der Waals surface area contributed by atoms with E-state index in [2.05, 4.69) is 11.3 Å². The molecule has 0 amide bonds. The summed E-state index contributed by atoms with van der Waals surface area (Å²) in [6.45, 7) is 7.76. The third-order valence-electron chi connectivity index (χ3n) is 1.24. The molecule has 0 heterocycles. The second kappa shape index (κ2) is 4.51. The molecule has 0 rings (SSSR count). The van der Waals surface area contributed by atoms with E-state index in [0.29, 0.717) is 12.5 Å². The van der Waals surface area contributed by atoms with Crippen molar-refractivity contribution in [2.75, 3.05) is 6.54 Å². The van der Waals surface area contributed by atoms with E-state index in [1.54, 1.807) is 0 Å². The van der Waals surface area contributed by atoms with Gasteiger partial charge in [0.1, 0.15) is 0 Å². The lowest BCUT2D eigenvalue weighted by Gasteiger charge is -2.04. The standard InChI is InChI=1S/C7H15NO2S/c1-4-11(9,10)8-6-5-7(2)3/h4,7-8H,1,5-6H2,2-3H3. The summed E-state index contributed by atoms with van der Waals surface area (Å²) in [6, 6.07) is 0. The minimum absolute atomic E-state index is 0.492. The first-order chi connectivity index (χ1) is 4.98. The molecule has 0 aliphatic heterocycles. The van der Waals surface area contributed by atoms with Crippen molar-refractivity contribution in [1.29, 1.82) is 0 Å². The van der Waals surface area contributed by atoms with Crippen LogP contribution in [0, 0.1) is 5.92 Å². The zero-order valence-electron chi connectivity index (χ0n) is 7.00. The van der Waals surface area contributed by atoms with Gasteiger partial charge in [-0.1, -0.05) is 20.4 Å². The zero-order chi connectivity index (χ0) is 8.91. The van der Waals surface area contributed by atoms with Crippen LogP contribution >= 0.6 is 0 Å². The fourth-order valence-electron chi connectivity index (χ4n) is 0.549. The van der Waals surface area contributed by atoms with Crippen molar-refractivity contribution in [3.63, 3.8) is 0 Å². The first kappa shape index (κ1) is 10.7. The van der Waals surface area contributed by atoms with Crippen LogP contribution in [0.25, 0.3) is 0 Å². The summed E-state index contributed by atoms with van der Waals surface area (Å²) < 4.78 is 23.9. The fraction of sp³-hybridized carbons (Fsp3) is 0.714. The summed E-state index contributed by atoms with van der Waals surface area (Å²) in [4.78, 5) is 0. The van der Waals surface area contributed by atoms with Gasteiger partial charge >= 0.3 is 0 Å². The molecule has 0 fully saturated rings. The van der Waals surface area contributed by atoms with E-state index in [9.17, 15) is 8.42 Å². The molecule has 0 atom stereocenters. The Kier molecular flexibility index (Phi) is 4.37. The van der Waals surface area contributed by atoms with Gasteiger partial charge in [-0.15, -0.1) is 0 Å². The summed E-state index contributed by atoms with van der Waals surface area (Å²) in [6.07, 6.45) is 0.854. The lowest BCUT2D eigenvalue weighted by Crippen LogP contribution is -2.22. The molecule has 0 aromatic rings. The molecule has 0 unspecified atom stereocenters. The van der Waals surface area contributed by atoms with Crippen LogP contribution in [0.3, 0.4) is 0 Å². The second-order valence-corrected chi connectivity index (χ2v) is 4.50. The average Bonchev–Trinajstić information content (AvgIpc) is 1.87. The van der Waals surface area contributed by atoms with Crippen molar-refractivity contribution < 1.29 is 8.42 Å². The van der Waals surface area contributed by atoms with Crippen molar-refractivity contribution in [3.8, 4) is 0 Å². The normalized spacial score (nSPS) is 11.9. The predicted octanol–water partition coefficient (Wildman–Crippen LogP) is 1.10. The molecule has 1 N–H and O–H groups in total. The van der Waals surface area contributed by atoms with Gasteiger partial charge in [0.15, 0.2) is 0 Å². The lowest BCUT2D eigenvalue weighted by molar-refractivity contribution is 0.557. The molecule has 0 spiro atoms. The van der Waals surface area contributed by atoms with Gasteiger partial charge in [-0.2, -0.15) is 0 Å². The molecule has 11 heavy (non-hydrogen) atoms. The molecule has 0 saturated carbocycles. The van der Waals surface area contributed by atoms with E-state index >= 15 is 0 Å². The molecule has 4 heteroatoms. The van der Waals surface area contributed by atoms with E-state index < -0.39 is 10.0 Å². The molecule has 3 nitrogen and oxygen atoms in total. The van der Waals surface area contributed by atoms with Gasteiger partial charge in [0.2, 0.25) is 10.0 Å². The maximum Gasteiger partial charge on any atom is 0.233 e. The smallest absolute Gasteiger partial charge is 0.212 e. The van der Waals surface area contributed by atoms with E-state index in [1.165, 1.54) is 0 Å². The molecular weight excluding hydrogens is 162 g/mol. The van der Waals surface area contributed by atoms with Crippen molar-refractivity contribution in [2.24, 2.45) is 5.92 Å². The third kappa shape index (κ3) is 6.06. The Hall–Kier alpha value is -0.350. The monoisotopic (exact) mass is 177 g/mol. The van der Waals surface area contributed by atoms with Crippen molar-refractivity contribution in [2.45, 2.75) is 20.3 Å². The molecule has 0 aromatic carbocycles. The van der Waals surface area contributed by atoms with Gasteiger partial charge in [0.25, 0.3) is 0 Å². The maximum absolute atomic E-state index is 10.8. The largest absolute Gasteiger partial charge is 0.233 e.